The first-order valence-corrected chi connectivity index (χ1v) is 12.0. The maximum absolute atomic E-state index is 13.2. The molecule has 1 atom stereocenters. The SMILES string of the molecule is CC[C@H](C(=O)NC1CCCC1)N(Cc1ccccc1)C(=O)CCSc1ccccc1. The number of hydrogen-bond donors (Lipinski definition) is 1. The average Bonchev–Trinajstić information content (AvgIpc) is 3.28. The van der Waals surface area contributed by atoms with E-state index in [1.807, 2.05) is 55.5 Å². The zero-order valence-corrected chi connectivity index (χ0v) is 18.6. The third kappa shape index (κ3) is 6.63. The van der Waals surface area contributed by atoms with Crippen molar-refractivity contribution in [1.29, 1.82) is 0 Å². The molecule has 4 nitrogen and oxygen atoms in total. The van der Waals surface area contributed by atoms with Gasteiger partial charge in [0.05, 0.1) is 0 Å². The lowest BCUT2D eigenvalue weighted by molar-refractivity contribution is -0.141. The predicted octanol–water partition coefficient (Wildman–Crippen LogP) is 5.04. The van der Waals surface area contributed by atoms with Gasteiger partial charge in [-0.25, -0.2) is 0 Å². The second kappa shape index (κ2) is 11.8. The Morgan fingerprint density at radius 2 is 1.67 bits per heavy atom. The molecule has 2 amide bonds. The predicted molar refractivity (Wildman–Crippen MR) is 123 cm³/mol. The van der Waals surface area contributed by atoms with E-state index >= 15 is 0 Å². The summed E-state index contributed by atoms with van der Waals surface area (Å²) in [6.07, 6.45) is 5.46. The Morgan fingerprint density at radius 1 is 1.03 bits per heavy atom. The van der Waals surface area contributed by atoms with Crippen molar-refractivity contribution < 1.29 is 9.59 Å². The summed E-state index contributed by atoms with van der Waals surface area (Å²) in [4.78, 5) is 29.2. The number of carbonyl (C=O) groups excluding carboxylic acids is 2. The molecule has 2 aromatic carbocycles. The molecule has 1 saturated carbocycles. The van der Waals surface area contributed by atoms with Gasteiger partial charge in [-0.05, 0) is 37.0 Å². The Bertz CT molecular complexity index is 791. The van der Waals surface area contributed by atoms with Gasteiger partial charge in [0.15, 0.2) is 0 Å². The van der Waals surface area contributed by atoms with Crippen LogP contribution in [0.1, 0.15) is 51.0 Å². The first-order chi connectivity index (χ1) is 14.7. The molecule has 0 aromatic heterocycles. The van der Waals surface area contributed by atoms with Crippen molar-refractivity contribution >= 4 is 23.6 Å². The van der Waals surface area contributed by atoms with E-state index in [1.54, 1.807) is 16.7 Å². The highest BCUT2D eigenvalue weighted by Gasteiger charge is 2.30. The summed E-state index contributed by atoms with van der Waals surface area (Å²) in [7, 11) is 0. The summed E-state index contributed by atoms with van der Waals surface area (Å²) in [5.41, 5.74) is 1.05. The van der Waals surface area contributed by atoms with E-state index in [0.29, 0.717) is 25.1 Å². The van der Waals surface area contributed by atoms with Crippen LogP contribution in [0.5, 0.6) is 0 Å². The molecule has 0 bridgehead atoms. The summed E-state index contributed by atoms with van der Waals surface area (Å²) in [6.45, 7) is 2.45. The Labute approximate surface area is 184 Å². The summed E-state index contributed by atoms with van der Waals surface area (Å²) < 4.78 is 0. The Kier molecular flexibility index (Phi) is 8.81. The van der Waals surface area contributed by atoms with Gasteiger partial charge in [0, 0.05) is 29.7 Å². The quantitative estimate of drug-likeness (QED) is 0.544. The van der Waals surface area contributed by atoms with Gasteiger partial charge in [0.25, 0.3) is 0 Å². The van der Waals surface area contributed by atoms with Crippen molar-refractivity contribution in [2.75, 3.05) is 5.75 Å². The van der Waals surface area contributed by atoms with Gasteiger partial charge in [0.1, 0.15) is 6.04 Å². The lowest BCUT2D eigenvalue weighted by atomic mass is 10.1. The van der Waals surface area contributed by atoms with Gasteiger partial charge in [-0.1, -0.05) is 68.3 Å². The van der Waals surface area contributed by atoms with Crippen LogP contribution in [0.25, 0.3) is 0 Å². The maximum Gasteiger partial charge on any atom is 0.243 e. The second-order valence-corrected chi connectivity index (χ2v) is 9.00. The lowest BCUT2D eigenvalue weighted by Gasteiger charge is -2.31. The average molecular weight is 425 g/mol. The third-order valence-electron chi connectivity index (χ3n) is 5.61. The molecule has 1 fully saturated rings. The number of thioether (sulfide) groups is 1. The molecule has 1 aliphatic rings. The third-order valence-corrected chi connectivity index (χ3v) is 6.62. The van der Waals surface area contributed by atoms with Crippen LogP contribution in [-0.4, -0.2) is 34.6 Å². The number of nitrogens with zero attached hydrogens (tertiary/aromatic N) is 1. The Morgan fingerprint density at radius 3 is 2.30 bits per heavy atom. The van der Waals surface area contributed by atoms with Crippen LogP contribution in [0.4, 0.5) is 0 Å². The van der Waals surface area contributed by atoms with Gasteiger partial charge >= 0.3 is 0 Å². The van der Waals surface area contributed by atoms with Crippen molar-refractivity contribution in [2.24, 2.45) is 0 Å². The smallest absolute Gasteiger partial charge is 0.243 e. The molecule has 2 aromatic rings. The van der Waals surface area contributed by atoms with E-state index in [4.69, 9.17) is 0 Å². The highest BCUT2D eigenvalue weighted by Crippen LogP contribution is 2.21. The van der Waals surface area contributed by atoms with Gasteiger partial charge in [0.2, 0.25) is 11.8 Å². The minimum Gasteiger partial charge on any atom is -0.352 e. The lowest BCUT2D eigenvalue weighted by Crippen LogP contribution is -2.51. The van der Waals surface area contributed by atoms with Crippen LogP contribution >= 0.6 is 11.8 Å². The topological polar surface area (TPSA) is 49.4 Å². The first-order valence-electron chi connectivity index (χ1n) is 11.0. The number of rotatable bonds is 10. The molecule has 160 valence electrons. The van der Waals surface area contributed by atoms with E-state index in [1.165, 1.54) is 12.8 Å². The molecule has 0 saturated heterocycles. The molecule has 0 unspecified atom stereocenters. The van der Waals surface area contributed by atoms with Gasteiger partial charge in [-0.15, -0.1) is 11.8 Å². The van der Waals surface area contributed by atoms with E-state index < -0.39 is 6.04 Å². The zero-order valence-electron chi connectivity index (χ0n) is 17.8. The molecular weight excluding hydrogens is 392 g/mol. The number of hydrogen-bond acceptors (Lipinski definition) is 3. The van der Waals surface area contributed by atoms with Crippen LogP contribution in [0.2, 0.25) is 0 Å². The monoisotopic (exact) mass is 424 g/mol. The van der Waals surface area contributed by atoms with Gasteiger partial charge in [-0.3, -0.25) is 9.59 Å². The molecule has 0 spiro atoms. The fourth-order valence-electron chi connectivity index (χ4n) is 3.98. The fourth-order valence-corrected chi connectivity index (χ4v) is 4.85. The fraction of sp³-hybridized carbons (Fsp3) is 0.440. The normalized spacial score (nSPS) is 15.0. The Balaban J connectivity index is 1.67. The summed E-state index contributed by atoms with van der Waals surface area (Å²) in [6, 6.07) is 19.9. The number of amides is 2. The van der Waals surface area contributed by atoms with Crippen LogP contribution in [-0.2, 0) is 16.1 Å². The van der Waals surface area contributed by atoms with Crippen LogP contribution in [0.3, 0.4) is 0 Å². The van der Waals surface area contributed by atoms with Crippen molar-refractivity contribution in [1.82, 2.24) is 10.2 Å². The molecule has 30 heavy (non-hydrogen) atoms. The molecule has 1 aliphatic carbocycles. The zero-order chi connectivity index (χ0) is 21.2. The molecule has 0 radical (unpaired) electrons. The van der Waals surface area contributed by atoms with Gasteiger partial charge in [-0.2, -0.15) is 0 Å². The van der Waals surface area contributed by atoms with E-state index in [-0.39, 0.29) is 17.9 Å². The van der Waals surface area contributed by atoms with E-state index in [0.717, 1.165) is 23.3 Å². The number of nitrogens with one attached hydrogen (secondary N) is 1. The van der Waals surface area contributed by atoms with Crippen molar-refractivity contribution in [3.8, 4) is 0 Å². The largest absolute Gasteiger partial charge is 0.352 e. The Hall–Kier alpha value is -2.27. The molecule has 3 rings (SSSR count). The van der Waals surface area contributed by atoms with Crippen LogP contribution in [0, 0.1) is 0 Å². The molecule has 0 heterocycles. The van der Waals surface area contributed by atoms with Gasteiger partial charge < -0.3 is 10.2 Å². The minimum absolute atomic E-state index is 0.00982. The number of carbonyl (C=O) groups is 2. The summed E-state index contributed by atoms with van der Waals surface area (Å²) in [5, 5.41) is 3.19. The standard InChI is InChI=1S/C25H32N2O2S/c1-2-23(25(29)26-21-13-9-10-14-21)27(19-20-11-5-3-6-12-20)24(28)17-18-30-22-15-7-4-8-16-22/h3-8,11-12,15-16,21,23H,2,9-10,13-14,17-19H2,1H3,(H,26,29)/t23-/m1/s1. The van der Waals surface area contributed by atoms with Crippen LogP contribution in [0.15, 0.2) is 65.6 Å². The molecule has 5 heteroatoms. The molecular formula is C25H32N2O2S. The highest BCUT2D eigenvalue weighted by molar-refractivity contribution is 7.99. The minimum atomic E-state index is -0.431. The van der Waals surface area contributed by atoms with Crippen molar-refractivity contribution in [2.45, 2.75) is 69.0 Å². The first kappa shape index (κ1) is 22.4. The van der Waals surface area contributed by atoms with E-state index in [2.05, 4.69) is 17.4 Å². The van der Waals surface area contributed by atoms with Crippen molar-refractivity contribution in [3.63, 3.8) is 0 Å². The second-order valence-electron chi connectivity index (χ2n) is 7.83. The van der Waals surface area contributed by atoms with Crippen molar-refractivity contribution in [3.05, 3.63) is 66.2 Å². The molecule has 0 aliphatic heterocycles. The molecule has 1 N–H and O–H groups in total. The maximum atomic E-state index is 13.2. The number of benzene rings is 2. The van der Waals surface area contributed by atoms with Crippen LogP contribution < -0.4 is 5.32 Å². The summed E-state index contributed by atoms with van der Waals surface area (Å²) >= 11 is 1.68. The highest BCUT2D eigenvalue weighted by atomic mass is 32.2. The summed E-state index contributed by atoms with van der Waals surface area (Å²) in [5.74, 6) is 0.731. The van der Waals surface area contributed by atoms with E-state index in [9.17, 15) is 9.59 Å².